The summed E-state index contributed by atoms with van der Waals surface area (Å²) in [5.74, 6) is 0.326. The number of nitrogens with one attached hydrogen (secondary N) is 1. The molecule has 2 atom stereocenters. The third-order valence-electron chi connectivity index (χ3n) is 3.22. The van der Waals surface area contributed by atoms with Crippen molar-refractivity contribution in [1.82, 2.24) is 0 Å². The molecule has 3 nitrogen and oxygen atoms in total. The van der Waals surface area contributed by atoms with Gasteiger partial charge < -0.3 is 10.4 Å². The fraction of sp³-hybridized carbons (Fsp3) is 0.462. The van der Waals surface area contributed by atoms with E-state index in [0.717, 1.165) is 31.5 Å². The Bertz CT molecular complexity index is 397. The molecule has 0 aromatic heterocycles. The van der Waals surface area contributed by atoms with Gasteiger partial charge in [-0.2, -0.15) is 5.26 Å². The first-order valence-electron chi connectivity index (χ1n) is 5.72. The number of nitriles is 1. The monoisotopic (exact) mass is 216 g/mol. The minimum atomic E-state index is -0.179. The molecule has 0 radical (unpaired) electrons. The van der Waals surface area contributed by atoms with Crippen molar-refractivity contribution in [1.29, 1.82) is 5.26 Å². The quantitative estimate of drug-likeness (QED) is 0.813. The van der Waals surface area contributed by atoms with Gasteiger partial charge in [-0.1, -0.05) is 18.6 Å². The highest BCUT2D eigenvalue weighted by Gasteiger charge is 2.24. The maximum atomic E-state index is 9.69. The van der Waals surface area contributed by atoms with Crippen LogP contribution in [0.4, 0.5) is 5.69 Å². The van der Waals surface area contributed by atoms with Crippen molar-refractivity contribution in [2.45, 2.75) is 25.4 Å². The minimum Gasteiger partial charge on any atom is -0.393 e. The smallest absolute Gasteiger partial charge is 0.101 e. The maximum Gasteiger partial charge on any atom is 0.101 e. The lowest BCUT2D eigenvalue weighted by Gasteiger charge is -2.16. The molecular formula is C13H16N2O. The van der Waals surface area contributed by atoms with Crippen molar-refractivity contribution in [3.63, 3.8) is 0 Å². The normalized spacial score (nSPS) is 24.0. The highest BCUT2D eigenvalue weighted by Crippen LogP contribution is 2.26. The predicted octanol–water partition coefficient (Wildman–Crippen LogP) is 2.13. The van der Waals surface area contributed by atoms with Gasteiger partial charge in [0.15, 0.2) is 0 Å². The molecule has 0 spiro atoms. The molecule has 0 saturated heterocycles. The van der Waals surface area contributed by atoms with Gasteiger partial charge in [0.1, 0.15) is 6.07 Å². The molecule has 84 valence electrons. The van der Waals surface area contributed by atoms with Crippen LogP contribution in [-0.2, 0) is 0 Å². The number of hydrogen-bond donors (Lipinski definition) is 2. The number of nitrogens with zero attached hydrogens (tertiary/aromatic N) is 1. The van der Waals surface area contributed by atoms with E-state index in [1.54, 1.807) is 6.07 Å². The Labute approximate surface area is 95.7 Å². The molecule has 1 aromatic rings. The first kappa shape index (κ1) is 11.0. The van der Waals surface area contributed by atoms with Gasteiger partial charge in [0.25, 0.3) is 0 Å². The van der Waals surface area contributed by atoms with E-state index in [2.05, 4.69) is 11.4 Å². The fourth-order valence-electron chi connectivity index (χ4n) is 2.23. The van der Waals surface area contributed by atoms with Crippen molar-refractivity contribution in [2.24, 2.45) is 5.92 Å². The highest BCUT2D eigenvalue weighted by molar-refractivity contribution is 5.57. The third-order valence-corrected chi connectivity index (χ3v) is 3.22. The number of para-hydroxylation sites is 1. The van der Waals surface area contributed by atoms with Gasteiger partial charge in [-0.25, -0.2) is 0 Å². The first-order valence-corrected chi connectivity index (χ1v) is 5.72. The van der Waals surface area contributed by atoms with Crippen molar-refractivity contribution >= 4 is 5.69 Å². The van der Waals surface area contributed by atoms with E-state index in [9.17, 15) is 5.11 Å². The van der Waals surface area contributed by atoms with Crippen LogP contribution in [0.3, 0.4) is 0 Å². The number of aliphatic hydroxyl groups is 1. The van der Waals surface area contributed by atoms with Gasteiger partial charge >= 0.3 is 0 Å². The van der Waals surface area contributed by atoms with Crippen LogP contribution in [0.25, 0.3) is 0 Å². The molecule has 0 heterocycles. The number of rotatable bonds is 3. The standard InChI is InChI=1S/C13H16N2O/c14-8-10-4-1-2-6-12(10)15-9-11-5-3-7-13(11)16/h1-2,4,6,11,13,15-16H,3,5,7,9H2. The minimum absolute atomic E-state index is 0.179. The van der Waals surface area contributed by atoms with Crippen LogP contribution >= 0.6 is 0 Å². The maximum absolute atomic E-state index is 9.69. The number of benzene rings is 1. The molecule has 1 aromatic carbocycles. The second-order valence-electron chi connectivity index (χ2n) is 4.30. The number of hydrogen-bond acceptors (Lipinski definition) is 3. The molecule has 1 saturated carbocycles. The second-order valence-corrected chi connectivity index (χ2v) is 4.30. The molecule has 2 unspecified atom stereocenters. The summed E-state index contributed by atoms with van der Waals surface area (Å²) in [6, 6.07) is 9.63. The Morgan fingerprint density at radius 3 is 2.88 bits per heavy atom. The lowest BCUT2D eigenvalue weighted by Crippen LogP contribution is -2.22. The second kappa shape index (κ2) is 5.00. The zero-order valence-corrected chi connectivity index (χ0v) is 9.19. The summed E-state index contributed by atoms with van der Waals surface area (Å²) < 4.78 is 0. The molecular weight excluding hydrogens is 200 g/mol. The van der Waals surface area contributed by atoms with Crippen molar-refractivity contribution < 1.29 is 5.11 Å². The first-order chi connectivity index (χ1) is 7.81. The van der Waals surface area contributed by atoms with E-state index in [4.69, 9.17) is 5.26 Å². The van der Waals surface area contributed by atoms with Crippen molar-refractivity contribution in [3.05, 3.63) is 29.8 Å². The Hall–Kier alpha value is -1.53. The van der Waals surface area contributed by atoms with Gasteiger partial charge in [0.2, 0.25) is 0 Å². The van der Waals surface area contributed by atoms with Gasteiger partial charge in [-0.15, -0.1) is 0 Å². The van der Waals surface area contributed by atoms with Crippen LogP contribution in [0, 0.1) is 17.2 Å². The van der Waals surface area contributed by atoms with Gasteiger partial charge in [-0.3, -0.25) is 0 Å². The van der Waals surface area contributed by atoms with Crippen molar-refractivity contribution in [2.75, 3.05) is 11.9 Å². The summed E-state index contributed by atoms with van der Waals surface area (Å²) in [7, 11) is 0. The van der Waals surface area contributed by atoms with Crippen LogP contribution in [0.2, 0.25) is 0 Å². The average Bonchev–Trinajstić information content (AvgIpc) is 2.72. The molecule has 1 aliphatic carbocycles. The molecule has 0 amide bonds. The SMILES string of the molecule is N#Cc1ccccc1NCC1CCCC1O. The lowest BCUT2D eigenvalue weighted by molar-refractivity contribution is 0.138. The molecule has 0 aliphatic heterocycles. The third kappa shape index (κ3) is 2.34. The average molecular weight is 216 g/mol. The van der Waals surface area contributed by atoms with Crippen LogP contribution in [0.15, 0.2) is 24.3 Å². The number of anilines is 1. The topological polar surface area (TPSA) is 56.0 Å². The largest absolute Gasteiger partial charge is 0.393 e. The summed E-state index contributed by atoms with van der Waals surface area (Å²) in [6.07, 6.45) is 2.91. The van der Waals surface area contributed by atoms with Crippen LogP contribution < -0.4 is 5.32 Å². The molecule has 3 heteroatoms. The summed E-state index contributed by atoms with van der Waals surface area (Å²) in [5, 5.41) is 21.9. The lowest BCUT2D eigenvalue weighted by atomic mass is 10.1. The molecule has 2 N–H and O–H groups in total. The summed E-state index contributed by atoms with van der Waals surface area (Å²) in [5.41, 5.74) is 1.53. The van der Waals surface area contributed by atoms with E-state index in [1.165, 1.54) is 0 Å². The predicted molar refractivity (Wildman–Crippen MR) is 63.0 cm³/mol. The molecule has 16 heavy (non-hydrogen) atoms. The van der Waals surface area contributed by atoms with Crippen LogP contribution in [-0.4, -0.2) is 17.8 Å². The Morgan fingerprint density at radius 1 is 1.38 bits per heavy atom. The van der Waals surface area contributed by atoms with E-state index in [-0.39, 0.29) is 6.10 Å². The summed E-state index contributed by atoms with van der Waals surface area (Å²) in [4.78, 5) is 0. The van der Waals surface area contributed by atoms with Crippen molar-refractivity contribution in [3.8, 4) is 6.07 Å². The number of aliphatic hydroxyl groups excluding tert-OH is 1. The van der Waals surface area contributed by atoms with E-state index < -0.39 is 0 Å². The molecule has 1 aliphatic rings. The Morgan fingerprint density at radius 2 is 2.19 bits per heavy atom. The van der Waals surface area contributed by atoms with Gasteiger partial charge in [0, 0.05) is 12.5 Å². The highest BCUT2D eigenvalue weighted by atomic mass is 16.3. The van der Waals surface area contributed by atoms with Gasteiger partial charge in [0.05, 0.1) is 17.4 Å². The zero-order chi connectivity index (χ0) is 11.4. The van der Waals surface area contributed by atoms with E-state index >= 15 is 0 Å². The summed E-state index contributed by atoms with van der Waals surface area (Å²) in [6.45, 7) is 0.750. The Kier molecular flexibility index (Phi) is 3.43. The van der Waals surface area contributed by atoms with Crippen LogP contribution in [0.1, 0.15) is 24.8 Å². The van der Waals surface area contributed by atoms with E-state index in [0.29, 0.717) is 11.5 Å². The van der Waals surface area contributed by atoms with Crippen LogP contribution in [0.5, 0.6) is 0 Å². The summed E-state index contributed by atoms with van der Waals surface area (Å²) >= 11 is 0. The molecule has 0 bridgehead atoms. The molecule has 2 rings (SSSR count). The Balaban J connectivity index is 1.97. The van der Waals surface area contributed by atoms with E-state index in [1.807, 2.05) is 18.2 Å². The zero-order valence-electron chi connectivity index (χ0n) is 9.19. The fourth-order valence-corrected chi connectivity index (χ4v) is 2.23. The molecule has 1 fully saturated rings. The van der Waals surface area contributed by atoms with Gasteiger partial charge in [-0.05, 0) is 25.0 Å².